The molecule has 0 aliphatic carbocycles. The zero-order chi connectivity index (χ0) is 13.9. The number of rotatable bonds is 2. The Kier molecular flexibility index (Phi) is 4.25. The van der Waals surface area contributed by atoms with E-state index in [9.17, 15) is 4.79 Å². The van der Waals surface area contributed by atoms with E-state index in [1.54, 1.807) is 0 Å². The number of hydrogen-bond donors (Lipinski definition) is 1. The highest BCUT2D eigenvalue weighted by molar-refractivity contribution is 5.78. The van der Waals surface area contributed by atoms with Crippen LogP contribution in [-0.4, -0.2) is 29.4 Å². The zero-order valence-electron chi connectivity index (χ0n) is 12.2. The van der Waals surface area contributed by atoms with Gasteiger partial charge in [0.1, 0.15) is 0 Å². The lowest BCUT2D eigenvalue weighted by Gasteiger charge is -2.25. The summed E-state index contributed by atoms with van der Waals surface area (Å²) in [5.74, 6) is 0.201. The van der Waals surface area contributed by atoms with Crippen LogP contribution in [0, 0.1) is 0 Å². The first-order valence-electron chi connectivity index (χ1n) is 7.05. The van der Waals surface area contributed by atoms with Gasteiger partial charge < -0.3 is 10.2 Å². The molecule has 3 heteroatoms. The van der Waals surface area contributed by atoms with E-state index in [0.29, 0.717) is 6.54 Å². The molecule has 1 aliphatic heterocycles. The van der Waals surface area contributed by atoms with Gasteiger partial charge in [0, 0.05) is 18.6 Å². The molecular weight excluding hydrogens is 236 g/mol. The topological polar surface area (TPSA) is 32.3 Å². The van der Waals surface area contributed by atoms with Gasteiger partial charge in [-0.1, -0.05) is 24.3 Å². The third-order valence-electron chi connectivity index (χ3n) is 3.48. The molecule has 104 valence electrons. The highest BCUT2D eigenvalue weighted by Gasteiger charge is 2.20. The summed E-state index contributed by atoms with van der Waals surface area (Å²) >= 11 is 0. The van der Waals surface area contributed by atoms with Crippen LogP contribution in [0.1, 0.15) is 38.3 Å². The predicted molar refractivity (Wildman–Crippen MR) is 77.9 cm³/mol. The predicted octanol–water partition coefficient (Wildman–Crippen LogP) is 2.35. The molecule has 0 aromatic heterocycles. The summed E-state index contributed by atoms with van der Waals surface area (Å²) in [5, 5.41) is 3.27. The Morgan fingerprint density at radius 3 is 2.63 bits per heavy atom. The molecule has 0 saturated heterocycles. The molecule has 0 saturated carbocycles. The highest BCUT2D eigenvalue weighted by Crippen LogP contribution is 2.18. The van der Waals surface area contributed by atoms with Crippen LogP contribution in [0.25, 0.3) is 0 Å². The van der Waals surface area contributed by atoms with E-state index in [4.69, 9.17) is 0 Å². The second-order valence-electron chi connectivity index (χ2n) is 6.29. The lowest BCUT2D eigenvalue weighted by molar-refractivity contribution is -0.131. The summed E-state index contributed by atoms with van der Waals surface area (Å²) in [6.07, 6.45) is 2.13. The number of carbonyl (C=O) groups is 1. The summed E-state index contributed by atoms with van der Waals surface area (Å²) in [5.41, 5.74) is 2.67. The van der Waals surface area contributed by atoms with Crippen molar-refractivity contribution in [2.45, 2.75) is 45.7 Å². The Morgan fingerprint density at radius 2 is 1.95 bits per heavy atom. The molecule has 0 atom stereocenters. The van der Waals surface area contributed by atoms with Gasteiger partial charge >= 0.3 is 0 Å². The second-order valence-corrected chi connectivity index (χ2v) is 6.29. The summed E-state index contributed by atoms with van der Waals surface area (Å²) in [4.78, 5) is 14.2. The molecule has 1 aromatic carbocycles. The molecule has 1 aliphatic rings. The van der Waals surface area contributed by atoms with E-state index in [2.05, 4.69) is 50.4 Å². The van der Waals surface area contributed by atoms with Gasteiger partial charge in [0.25, 0.3) is 0 Å². The number of nitrogens with zero attached hydrogens (tertiary/aromatic N) is 1. The van der Waals surface area contributed by atoms with Gasteiger partial charge in [0.2, 0.25) is 5.91 Å². The zero-order valence-corrected chi connectivity index (χ0v) is 12.2. The van der Waals surface area contributed by atoms with E-state index in [-0.39, 0.29) is 11.4 Å². The van der Waals surface area contributed by atoms with Crippen molar-refractivity contribution >= 4 is 5.91 Å². The maximum Gasteiger partial charge on any atom is 0.236 e. The summed E-state index contributed by atoms with van der Waals surface area (Å²) in [6, 6.07) is 8.45. The third kappa shape index (κ3) is 4.06. The van der Waals surface area contributed by atoms with Gasteiger partial charge in [-0.25, -0.2) is 0 Å². The standard InChI is InChI=1S/C16H24N2O/c1-16(2,3)17-11-15(19)18-10-6-9-13-7-4-5-8-14(13)12-18/h4-5,7-8,17H,6,9-12H2,1-3H3. The molecule has 2 rings (SSSR count). The number of aryl methyl sites for hydroxylation is 1. The normalized spacial score (nSPS) is 15.8. The molecule has 19 heavy (non-hydrogen) atoms. The Hall–Kier alpha value is -1.35. The summed E-state index contributed by atoms with van der Waals surface area (Å²) in [7, 11) is 0. The van der Waals surface area contributed by atoms with Crippen molar-refractivity contribution in [3.8, 4) is 0 Å². The Labute approximate surface area is 116 Å². The molecule has 0 spiro atoms. The fourth-order valence-corrected chi connectivity index (χ4v) is 2.37. The van der Waals surface area contributed by atoms with Crippen molar-refractivity contribution in [1.82, 2.24) is 10.2 Å². The first-order valence-corrected chi connectivity index (χ1v) is 7.05. The number of carbonyl (C=O) groups excluding carboxylic acids is 1. The minimum Gasteiger partial charge on any atom is -0.337 e. The average Bonchev–Trinajstić information content (AvgIpc) is 2.57. The van der Waals surface area contributed by atoms with Gasteiger partial charge in [-0.05, 0) is 44.7 Å². The Morgan fingerprint density at radius 1 is 1.26 bits per heavy atom. The molecule has 1 heterocycles. The van der Waals surface area contributed by atoms with Gasteiger partial charge in [-0.2, -0.15) is 0 Å². The molecule has 0 bridgehead atoms. The van der Waals surface area contributed by atoms with Crippen molar-refractivity contribution in [3.05, 3.63) is 35.4 Å². The highest BCUT2D eigenvalue weighted by atomic mass is 16.2. The van der Waals surface area contributed by atoms with Crippen molar-refractivity contribution in [1.29, 1.82) is 0 Å². The van der Waals surface area contributed by atoms with Crippen molar-refractivity contribution in [2.75, 3.05) is 13.1 Å². The molecular formula is C16H24N2O. The van der Waals surface area contributed by atoms with Gasteiger partial charge in [-0.15, -0.1) is 0 Å². The Balaban J connectivity index is 2.00. The largest absolute Gasteiger partial charge is 0.337 e. The van der Waals surface area contributed by atoms with Gasteiger partial charge in [0.15, 0.2) is 0 Å². The average molecular weight is 260 g/mol. The van der Waals surface area contributed by atoms with Crippen LogP contribution in [-0.2, 0) is 17.8 Å². The van der Waals surface area contributed by atoms with Crippen LogP contribution in [0.15, 0.2) is 24.3 Å². The van der Waals surface area contributed by atoms with Crippen LogP contribution >= 0.6 is 0 Å². The van der Waals surface area contributed by atoms with Crippen LogP contribution in [0.5, 0.6) is 0 Å². The fourth-order valence-electron chi connectivity index (χ4n) is 2.37. The molecule has 0 fully saturated rings. The van der Waals surface area contributed by atoms with Crippen LogP contribution in [0.4, 0.5) is 0 Å². The lowest BCUT2D eigenvalue weighted by Crippen LogP contribution is -2.44. The number of fused-ring (bicyclic) bond motifs is 1. The van der Waals surface area contributed by atoms with Crippen molar-refractivity contribution in [2.24, 2.45) is 0 Å². The van der Waals surface area contributed by atoms with Crippen molar-refractivity contribution in [3.63, 3.8) is 0 Å². The molecule has 0 radical (unpaired) electrons. The van der Waals surface area contributed by atoms with E-state index < -0.39 is 0 Å². The summed E-state index contributed by atoms with van der Waals surface area (Å²) < 4.78 is 0. The number of benzene rings is 1. The van der Waals surface area contributed by atoms with E-state index in [0.717, 1.165) is 25.9 Å². The number of hydrogen-bond acceptors (Lipinski definition) is 2. The molecule has 1 aromatic rings. The summed E-state index contributed by atoms with van der Waals surface area (Å²) in [6.45, 7) is 8.28. The monoisotopic (exact) mass is 260 g/mol. The molecule has 1 N–H and O–H groups in total. The van der Waals surface area contributed by atoms with Crippen LogP contribution in [0.3, 0.4) is 0 Å². The maximum atomic E-state index is 12.3. The molecule has 1 amide bonds. The first-order chi connectivity index (χ1) is 8.96. The lowest BCUT2D eigenvalue weighted by atomic mass is 10.0. The minimum absolute atomic E-state index is 0.0145. The van der Waals surface area contributed by atoms with Gasteiger partial charge in [-0.3, -0.25) is 4.79 Å². The number of nitrogens with one attached hydrogen (secondary N) is 1. The van der Waals surface area contributed by atoms with E-state index in [1.165, 1.54) is 11.1 Å². The third-order valence-corrected chi connectivity index (χ3v) is 3.48. The maximum absolute atomic E-state index is 12.3. The fraction of sp³-hybridized carbons (Fsp3) is 0.562. The Bertz CT molecular complexity index is 448. The van der Waals surface area contributed by atoms with Crippen LogP contribution < -0.4 is 5.32 Å². The van der Waals surface area contributed by atoms with Crippen molar-refractivity contribution < 1.29 is 4.79 Å². The first kappa shape index (κ1) is 14.1. The van der Waals surface area contributed by atoms with E-state index in [1.807, 2.05) is 4.90 Å². The molecule has 3 nitrogen and oxygen atoms in total. The minimum atomic E-state index is -0.0145. The van der Waals surface area contributed by atoms with E-state index >= 15 is 0 Å². The van der Waals surface area contributed by atoms with Gasteiger partial charge in [0.05, 0.1) is 6.54 Å². The molecule has 0 unspecified atom stereocenters. The number of amides is 1. The quantitative estimate of drug-likeness (QED) is 0.885. The second kappa shape index (κ2) is 5.74. The smallest absolute Gasteiger partial charge is 0.236 e. The van der Waals surface area contributed by atoms with Crippen LogP contribution in [0.2, 0.25) is 0 Å². The SMILES string of the molecule is CC(C)(C)NCC(=O)N1CCCc2ccccc2C1.